The molecule has 0 amide bonds. The smallest absolute Gasteiger partial charge is 0.102 e. The highest BCUT2D eigenvalue weighted by Gasteiger charge is 2.15. The second-order valence-electron chi connectivity index (χ2n) is 4.72. The van der Waals surface area contributed by atoms with E-state index in [1.807, 2.05) is 12.1 Å². The summed E-state index contributed by atoms with van der Waals surface area (Å²) in [5, 5.41) is 18.1. The van der Waals surface area contributed by atoms with Gasteiger partial charge in [-0.3, -0.25) is 0 Å². The van der Waals surface area contributed by atoms with Gasteiger partial charge in [0.25, 0.3) is 0 Å². The van der Waals surface area contributed by atoms with Gasteiger partial charge in [0.1, 0.15) is 12.1 Å². The third-order valence-electron chi connectivity index (χ3n) is 3.46. The van der Waals surface area contributed by atoms with Crippen LogP contribution in [0.2, 0.25) is 0 Å². The molecule has 0 heterocycles. The summed E-state index contributed by atoms with van der Waals surface area (Å²) in [5.41, 5.74) is 1.03. The molecule has 1 aliphatic rings. The van der Waals surface area contributed by atoms with Gasteiger partial charge in [0.2, 0.25) is 0 Å². The SMILES string of the molecule is N#Cc1cccc(SCC2CCCCC2)c1C#N. The fourth-order valence-electron chi connectivity index (χ4n) is 2.42. The van der Waals surface area contributed by atoms with Crippen LogP contribution in [-0.2, 0) is 0 Å². The average molecular weight is 256 g/mol. The van der Waals surface area contributed by atoms with Crippen molar-refractivity contribution < 1.29 is 0 Å². The highest BCUT2D eigenvalue weighted by atomic mass is 32.2. The van der Waals surface area contributed by atoms with E-state index in [1.54, 1.807) is 17.8 Å². The quantitative estimate of drug-likeness (QED) is 0.765. The number of benzene rings is 1. The molecular weight excluding hydrogens is 240 g/mol. The molecule has 0 spiro atoms. The minimum absolute atomic E-state index is 0.492. The average Bonchev–Trinajstić information content (AvgIpc) is 2.45. The minimum Gasteiger partial charge on any atom is -0.192 e. The van der Waals surface area contributed by atoms with E-state index in [2.05, 4.69) is 12.1 Å². The molecule has 1 aliphatic carbocycles. The van der Waals surface area contributed by atoms with Crippen LogP contribution in [0.1, 0.15) is 43.2 Å². The van der Waals surface area contributed by atoms with Crippen molar-refractivity contribution in [3.8, 4) is 12.1 Å². The summed E-state index contributed by atoms with van der Waals surface area (Å²) in [6.07, 6.45) is 6.68. The van der Waals surface area contributed by atoms with E-state index < -0.39 is 0 Å². The summed E-state index contributed by atoms with van der Waals surface area (Å²) in [5.74, 6) is 1.85. The molecule has 1 fully saturated rings. The minimum atomic E-state index is 0.492. The van der Waals surface area contributed by atoms with Gasteiger partial charge < -0.3 is 0 Å². The van der Waals surface area contributed by atoms with E-state index in [9.17, 15) is 0 Å². The molecule has 1 aromatic rings. The Morgan fingerprint density at radius 1 is 1.11 bits per heavy atom. The summed E-state index contributed by atoms with van der Waals surface area (Å²) < 4.78 is 0. The van der Waals surface area contributed by atoms with Gasteiger partial charge in [-0.05, 0) is 30.9 Å². The fraction of sp³-hybridized carbons (Fsp3) is 0.467. The Labute approximate surface area is 113 Å². The van der Waals surface area contributed by atoms with Crippen molar-refractivity contribution in [2.75, 3.05) is 5.75 Å². The van der Waals surface area contributed by atoms with Crippen molar-refractivity contribution in [2.45, 2.75) is 37.0 Å². The Hall–Kier alpha value is -1.45. The van der Waals surface area contributed by atoms with Gasteiger partial charge in [-0.15, -0.1) is 11.8 Å². The Morgan fingerprint density at radius 3 is 2.56 bits per heavy atom. The number of nitrogens with zero attached hydrogens (tertiary/aromatic N) is 2. The predicted octanol–water partition coefficient (Wildman–Crippen LogP) is 4.10. The molecule has 18 heavy (non-hydrogen) atoms. The third-order valence-corrected chi connectivity index (χ3v) is 4.75. The first-order chi connectivity index (χ1) is 8.85. The lowest BCUT2D eigenvalue weighted by Crippen LogP contribution is -2.08. The van der Waals surface area contributed by atoms with Crippen LogP contribution in [0.15, 0.2) is 23.1 Å². The van der Waals surface area contributed by atoms with Crippen LogP contribution in [0.25, 0.3) is 0 Å². The van der Waals surface area contributed by atoms with Gasteiger partial charge in [0, 0.05) is 10.6 Å². The molecule has 92 valence electrons. The van der Waals surface area contributed by atoms with E-state index in [0.29, 0.717) is 11.1 Å². The normalized spacial score (nSPS) is 15.9. The summed E-state index contributed by atoms with van der Waals surface area (Å²) in [4.78, 5) is 0.960. The van der Waals surface area contributed by atoms with E-state index in [0.717, 1.165) is 16.6 Å². The third kappa shape index (κ3) is 3.06. The molecular formula is C15H16N2S. The van der Waals surface area contributed by atoms with Crippen LogP contribution in [0.5, 0.6) is 0 Å². The Morgan fingerprint density at radius 2 is 1.89 bits per heavy atom. The van der Waals surface area contributed by atoms with E-state index >= 15 is 0 Å². The number of nitriles is 2. The summed E-state index contributed by atoms with van der Waals surface area (Å²) >= 11 is 1.73. The highest BCUT2D eigenvalue weighted by Crippen LogP contribution is 2.32. The second-order valence-corrected chi connectivity index (χ2v) is 5.78. The lowest BCUT2D eigenvalue weighted by atomic mass is 9.91. The van der Waals surface area contributed by atoms with Crippen molar-refractivity contribution in [1.29, 1.82) is 10.5 Å². The standard InChI is InChI=1S/C15H16N2S/c16-9-13-7-4-8-15(14(13)10-17)18-11-12-5-2-1-3-6-12/h4,7-8,12H,1-3,5-6,11H2. The molecule has 0 saturated heterocycles. The maximum absolute atomic E-state index is 9.15. The molecule has 0 atom stereocenters. The monoisotopic (exact) mass is 256 g/mol. The molecule has 0 radical (unpaired) electrons. The van der Waals surface area contributed by atoms with Crippen molar-refractivity contribution in [3.05, 3.63) is 29.3 Å². The van der Waals surface area contributed by atoms with E-state index in [4.69, 9.17) is 10.5 Å². The van der Waals surface area contributed by atoms with Crippen molar-refractivity contribution in [1.82, 2.24) is 0 Å². The largest absolute Gasteiger partial charge is 0.192 e. The van der Waals surface area contributed by atoms with E-state index in [1.165, 1.54) is 32.1 Å². The zero-order valence-corrected chi connectivity index (χ0v) is 11.2. The maximum Gasteiger partial charge on any atom is 0.102 e. The zero-order valence-electron chi connectivity index (χ0n) is 10.4. The van der Waals surface area contributed by atoms with Gasteiger partial charge in [-0.2, -0.15) is 10.5 Å². The molecule has 0 N–H and O–H groups in total. The summed E-state index contributed by atoms with van der Waals surface area (Å²) in [6.45, 7) is 0. The van der Waals surface area contributed by atoms with Crippen molar-refractivity contribution in [3.63, 3.8) is 0 Å². The predicted molar refractivity (Wildman–Crippen MR) is 73.2 cm³/mol. The highest BCUT2D eigenvalue weighted by molar-refractivity contribution is 7.99. The molecule has 1 saturated carbocycles. The Kier molecular flexibility index (Phi) is 4.67. The second kappa shape index (κ2) is 6.47. The summed E-state index contributed by atoms with van der Waals surface area (Å²) in [7, 11) is 0. The topological polar surface area (TPSA) is 47.6 Å². The van der Waals surface area contributed by atoms with Crippen LogP contribution in [0.4, 0.5) is 0 Å². The number of hydrogen-bond donors (Lipinski definition) is 0. The lowest BCUT2D eigenvalue weighted by Gasteiger charge is -2.21. The maximum atomic E-state index is 9.15. The first-order valence-electron chi connectivity index (χ1n) is 6.41. The molecule has 2 rings (SSSR count). The van der Waals surface area contributed by atoms with Gasteiger partial charge in [-0.25, -0.2) is 0 Å². The molecule has 3 heteroatoms. The van der Waals surface area contributed by atoms with Gasteiger partial charge in [0.05, 0.1) is 11.1 Å². The molecule has 0 unspecified atom stereocenters. The molecule has 0 aliphatic heterocycles. The van der Waals surface area contributed by atoms with Gasteiger partial charge in [0.15, 0.2) is 0 Å². The van der Waals surface area contributed by atoms with Gasteiger partial charge >= 0.3 is 0 Å². The first-order valence-corrected chi connectivity index (χ1v) is 7.39. The number of hydrogen-bond acceptors (Lipinski definition) is 3. The Balaban J connectivity index is 2.05. The number of thioether (sulfide) groups is 1. The summed E-state index contributed by atoms with van der Waals surface area (Å²) in [6, 6.07) is 9.78. The van der Waals surface area contributed by atoms with Crippen molar-refractivity contribution in [2.24, 2.45) is 5.92 Å². The van der Waals surface area contributed by atoms with Crippen LogP contribution < -0.4 is 0 Å². The van der Waals surface area contributed by atoms with E-state index in [-0.39, 0.29) is 0 Å². The molecule has 0 aromatic heterocycles. The number of rotatable bonds is 3. The molecule has 1 aromatic carbocycles. The van der Waals surface area contributed by atoms with Gasteiger partial charge in [-0.1, -0.05) is 25.3 Å². The van der Waals surface area contributed by atoms with Crippen LogP contribution >= 0.6 is 11.8 Å². The fourth-order valence-corrected chi connectivity index (χ4v) is 3.64. The first kappa shape index (κ1) is 13.0. The van der Waals surface area contributed by atoms with Crippen LogP contribution in [0, 0.1) is 28.6 Å². The Bertz CT molecular complexity index is 490. The molecule has 0 bridgehead atoms. The lowest BCUT2D eigenvalue weighted by molar-refractivity contribution is 0.391. The van der Waals surface area contributed by atoms with Crippen molar-refractivity contribution >= 4 is 11.8 Å². The zero-order chi connectivity index (χ0) is 12.8. The van der Waals surface area contributed by atoms with Crippen LogP contribution in [-0.4, -0.2) is 5.75 Å². The molecule has 2 nitrogen and oxygen atoms in total. The van der Waals surface area contributed by atoms with Crippen LogP contribution in [0.3, 0.4) is 0 Å².